The summed E-state index contributed by atoms with van der Waals surface area (Å²) in [7, 11) is 14.7. The predicted octanol–water partition coefficient (Wildman–Crippen LogP) is 14.1. The molecule has 0 N–H and O–H groups in total. The van der Waals surface area contributed by atoms with Gasteiger partial charge in [-0.2, -0.15) is 0 Å². The number of hydrogen-bond donors (Lipinski definition) is 0. The Morgan fingerprint density at radius 3 is 0.904 bits per heavy atom. The third kappa shape index (κ3) is 8.22. The SMILES string of the molecule is [Cl][Fe]([Cl])[Cl].c1ccc(C(=Nc2ccc3ccccc3c2-c2c(N=C(c3ccccc3)c3ccccc3)ccc3ccccc23)c2ccccc2)cc1. The molecule has 0 saturated heterocycles. The fourth-order valence-electron chi connectivity index (χ4n) is 6.45. The Morgan fingerprint density at radius 2 is 0.596 bits per heavy atom. The molecular formula is C46H32Cl3FeN2. The van der Waals surface area contributed by atoms with Crippen molar-refractivity contribution in [3.05, 3.63) is 216 Å². The first-order valence-corrected chi connectivity index (χ1v) is 21.2. The Labute approximate surface area is 321 Å². The fourth-order valence-corrected chi connectivity index (χ4v) is 6.45. The molecule has 52 heavy (non-hydrogen) atoms. The van der Waals surface area contributed by atoms with E-state index in [0.717, 1.165) is 77.7 Å². The van der Waals surface area contributed by atoms with Crippen LogP contribution in [0, 0.1) is 0 Å². The van der Waals surface area contributed by atoms with Crippen LogP contribution in [0.25, 0.3) is 32.7 Å². The van der Waals surface area contributed by atoms with E-state index in [1.54, 1.807) is 0 Å². The molecule has 0 atom stereocenters. The molecule has 0 aliphatic carbocycles. The van der Waals surface area contributed by atoms with Crippen LogP contribution in [0.5, 0.6) is 0 Å². The van der Waals surface area contributed by atoms with Crippen molar-refractivity contribution in [2.75, 3.05) is 0 Å². The summed E-state index contributed by atoms with van der Waals surface area (Å²) in [5.74, 6) is 0. The van der Waals surface area contributed by atoms with Crippen LogP contribution < -0.4 is 0 Å². The topological polar surface area (TPSA) is 24.7 Å². The minimum Gasteiger partial charge on any atom is -0.247 e. The largest absolute Gasteiger partial charge is 0.247 e. The zero-order valence-corrected chi connectivity index (χ0v) is 31.2. The first kappa shape index (κ1) is 35.4. The minimum absolute atomic E-state index is 0.894. The van der Waals surface area contributed by atoms with Crippen molar-refractivity contribution < 1.29 is 11.2 Å². The van der Waals surface area contributed by atoms with E-state index in [0.29, 0.717) is 0 Å². The number of hydrogen-bond acceptors (Lipinski definition) is 2. The number of rotatable bonds is 7. The van der Waals surface area contributed by atoms with Crippen LogP contribution in [0.1, 0.15) is 22.3 Å². The van der Waals surface area contributed by atoms with Gasteiger partial charge in [-0.3, -0.25) is 0 Å². The van der Waals surface area contributed by atoms with E-state index in [4.69, 9.17) is 40.3 Å². The molecule has 6 heteroatoms. The molecule has 0 aliphatic heterocycles. The maximum atomic E-state index is 5.54. The quantitative estimate of drug-likeness (QED) is 0.114. The molecule has 0 spiro atoms. The molecule has 0 radical (unpaired) electrons. The Balaban J connectivity index is 0.00000100. The molecule has 0 aromatic heterocycles. The van der Waals surface area contributed by atoms with Crippen LogP contribution in [0.2, 0.25) is 0 Å². The molecule has 0 fully saturated rings. The smallest absolute Gasteiger partial charge is 0.0781 e. The molecule has 0 heterocycles. The van der Waals surface area contributed by atoms with Gasteiger partial charge in [-0.1, -0.05) is 182 Å². The van der Waals surface area contributed by atoms with Crippen molar-refractivity contribution >= 4 is 74.6 Å². The molecule has 0 unspecified atom stereocenters. The first-order chi connectivity index (χ1) is 25.6. The van der Waals surface area contributed by atoms with Crippen molar-refractivity contribution in [1.29, 1.82) is 0 Å². The van der Waals surface area contributed by atoms with Crippen molar-refractivity contribution in [3.8, 4) is 11.1 Å². The van der Waals surface area contributed by atoms with Gasteiger partial charge in [-0.05, 0) is 33.7 Å². The summed E-state index contributed by atoms with van der Waals surface area (Å²) in [6.45, 7) is 0. The van der Waals surface area contributed by atoms with E-state index < -0.39 is 11.2 Å². The van der Waals surface area contributed by atoms with Crippen molar-refractivity contribution in [3.63, 3.8) is 0 Å². The summed E-state index contributed by atoms with van der Waals surface area (Å²) in [6, 6.07) is 67.7. The predicted molar refractivity (Wildman–Crippen MR) is 221 cm³/mol. The van der Waals surface area contributed by atoms with Crippen LogP contribution in [0.4, 0.5) is 11.4 Å². The van der Waals surface area contributed by atoms with Gasteiger partial charge in [0.05, 0.1) is 22.8 Å². The Morgan fingerprint density at radius 1 is 0.327 bits per heavy atom. The number of aliphatic imine (C=N–C) groups is 2. The molecule has 0 bridgehead atoms. The van der Waals surface area contributed by atoms with Crippen molar-refractivity contribution in [1.82, 2.24) is 0 Å². The summed E-state index contributed by atoms with van der Waals surface area (Å²) < 4.78 is 0. The number of nitrogens with zero attached hydrogens (tertiary/aromatic N) is 2. The van der Waals surface area contributed by atoms with Crippen LogP contribution in [-0.4, -0.2) is 11.4 Å². The van der Waals surface area contributed by atoms with Gasteiger partial charge in [0.15, 0.2) is 0 Å². The molecule has 0 saturated carbocycles. The molecule has 8 aromatic carbocycles. The van der Waals surface area contributed by atoms with Gasteiger partial charge in [-0.25, -0.2) is 9.98 Å². The van der Waals surface area contributed by atoms with Crippen LogP contribution in [-0.2, 0) is 11.2 Å². The molecule has 0 aliphatic rings. The second-order valence-electron chi connectivity index (χ2n) is 11.9. The van der Waals surface area contributed by atoms with Gasteiger partial charge in [0, 0.05) is 33.4 Å². The zero-order chi connectivity index (χ0) is 35.7. The van der Waals surface area contributed by atoms with Crippen molar-refractivity contribution in [2.45, 2.75) is 0 Å². The first-order valence-electron chi connectivity index (χ1n) is 16.7. The van der Waals surface area contributed by atoms with Gasteiger partial charge in [0.25, 0.3) is 0 Å². The maximum absolute atomic E-state index is 5.54. The Hall–Kier alpha value is -4.99. The van der Waals surface area contributed by atoms with Crippen LogP contribution in [0.3, 0.4) is 0 Å². The molecule has 2 nitrogen and oxygen atoms in total. The third-order valence-corrected chi connectivity index (χ3v) is 8.72. The van der Waals surface area contributed by atoms with E-state index in [-0.39, 0.29) is 0 Å². The Kier molecular flexibility index (Phi) is 11.6. The van der Waals surface area contributed by atoms with E-state index in [2.05, 4.69) is 170 Å². The van der Waals surface area contributed by atoms with Gasteiger partial charge in [0.1, 0.15) is 0 Å². The summed E-state index contributed by atoms with van der Waals surface area (Å²) in [5, 5.41) is 4.57. The Bertz CT molecular complexity index is 2230. The zero-order valence-electron chi connectivity index (χ0n) is 27.9. The monoisotopic (exact) mass is 773 g/mol. The fraction of sp³-hybridized carbons (Fsp3) is 0. The second kappa shape index (κ2) is 17.0. The number of fused-ring (bicyclic) bond motifs is 2. The second-order valence-corrected chi connectivity index (χ2v) is 17.4. The average Bonchev–Trinajstić information content (AvgIpc) is 3.20. The van der Waals surface area contributed by atoms with E-state index in [9.17, 15) is 0 Å². The van der Waals surface area contributed by atoms with Crippen LogP contribution >= 0.6 is 30.3 Å². The summed E-state index contributed by atoms with van der Waals surface area (Å²) >= 11 is -1.33. The molecule has 255 valence electrons. The van der Waals surface area contributed by atoms with Crippen molar-refractivity contribution in [2.24, 2.45) is 9.98 Å². The van der Waals surface area contributed by atoms with Gasteiger partial charge < -0.3 is 0 Å². The molecule has 8 aromatic rings. The van der Waals surface area contributed by atoms with Gasteiger partial charge in [-0.15, -0.1) is 0 Å². The summed E-state index contributed by atoms with van der Waals surface area (Å²) in [4.78, 5) is 11.1. The number of halogens is 3. The average molecular weight is 775 g/mol. The minimum atomic E-state index is -1.33. The van der Waals surface area contributed by atoms with E-state index >= 15 is 0 Å². The maximum Gasteiger partial charge on any atom is 0.0781 e. The van der Waals surface area contributed by atoms with Gasteiger partial charge >= 0.3 is 41.5 Å². The normalized spacial score (nSPS) is 10.9. The summed E-state index contributed by atoms with van der Waals surface area (Å²) in [5.41, 5.74) is 10.0. The number of benzene rings is 8. The van der Waals surface area contributed by atoms with E-state index in [1.807, 2.05) is 24.3 Å². The molecule has 8 rings (SSSR count). The standard InChI is InChI=1S/C46H32N2.3ClH.Fe/c1-5-19-35(20-6-1)45(36-21-7-2-8-22-36)47-41-31-29-33-17-13-15-27-39(33)43(41)44-40-28-16-14-18-34(40)30-32-42(44)48-46(37-23-9-3-10-24-37)38-25-11-4-12-26-38;;;;/h1-32H;3*1H;/q;;;;+3/p-3. The molecular weight excluding hydrogens is 743 g/mol. The van der Waals surface area contributed by atoms with E-state index in [1.165, 1.54) is 0 Å². The van der Waals surface area contributed by atoms with Gasteiger partial charge in [0.2, 0.25) is 0 Å². The third-order valence-electron chi connectivity index (χ3n) is 8.72. The summed E-state index contributed by atoms with van der Waals surface area (Å²) in [6.07, 6.45) is 0. The molecule has 0 amide bonds. The van der Waals surface area contributed by atoms with Crippen LogP contribution in [0.15, 0.2) is 204 Å².